The summed E-state index contributed by atoms with van der Waals surface area (Å²) in [7, 11) is 0. The first-order chi connectivity index (χ1) is 6.37. The predicted molar refractivity (Wildman–Crippen MR) is 45.0 cm³/mol. The van der Waals surface area contributed by atoms with E-state index in [9.17, 15) is 17.6 Å². The lowest BCUT2D eigenvalue weighted by Gasteiger charge is -2.21. The molecule has 0 aliphatic carbocycles. The van der Waals surface area contributed by atoms with Crippen LogP contribution in [0.3, 0.4) is 0 Å². The van der Waals surface area contributed by atoms with Crippen molar-refractivity contribution in [1.82, 2.24) is 0 Å². The highest BCUT2D eigenvalue weighted by atomic mass is 32.1. The number of halogens is 4. The largest absolute Gasteiger partial charge is 0.381 e. The molecule has 0 aromatic carbocycles. The molecule has 0 aliphatic heterocycles. The van der Waals surface area contributed by atoms with Crippen LogP contribution in [0.1, 0.15) is 16.5 Å². The molecule has 1 atom stereocenters. The normalized spacial score (nSPS) is 14.8. The van der Waals surface area contributed by atoms with Gasteiger partial charge in [0.25, 0.3) is 0 Å². The second-order valence-electron chi connectivity index (χ2n) is 2.85. The number of alkyl halides is 4. The highest BCUT2D eigenvalue weighted by Gasteiger charge is 2.49. The van der Waals surface area contributed by atoms with Gasteiger partial charge in [-0.3, -0.25) is 0 Å². The Morgan fingerprint density at radius 1 is 1.43 bits per heavy atom. The molecule has 1 N–H and O–H groups in total. The van der Waals surface area contributed by atoms with Crippen molar-refractivity contribution in [3.63, 3.8) is 0 Å². The van der Waals surface area contributed by atoms with Crippen LogP contribution in [0.5, 0.6) is 0 Å². The molecule has 0 saturated heterocycles. The fourth-order valence-electron chi connectivity index (χ4n) is 0.959. The summed E-state index contributed by atoms with van der Waals surface area (Å²) in [4.78, 5) is -0.115. The number of aryl methyl sites for hydroxylation is 1. The fraction of sp³-hybridized carbons (Fsp3) is 0.500. The molecule has 1 unspecified atom stereocenters. The van der Waals surface area contributed by atoms with Crippen LogP contribution in [0.4, 0.5) is 17.6 Å². The average molecular weight is 228 g/mol. The molecule has 14 heavy (non-hydrogen) atoms. The van der Waals surface area contributed by atoms with Crippen LogP contribution in [-0.2, 0) is 0 Å². The molecule has 80 valence electrons. The van der Waals surface area contributed by atoms with Crippen LogP contribution in [0.25, 0.3) is 0 Å². The molecule has 0 fully saturated rings. The van der Waals surface area contributed by atoms with E-state index in [1.165, 1.54) is 18.4 Å². The summed E-state index contributed by atoms with van der Waals surface area (Å²) in [5.74, 6) is -4.39. The lowest BCUT2D eigenvalue weighted by atomic mass is 10.1. The molecule has 1 aromatic rings. The maximum Gasteiger partial charge on any atom is 0.337 e. The number of rotatable bonds is 3. The summed E-state index contributed by atoms with van der Waals surface area (Å²) in [5, 5.41) is 10.5. The molecule has 0 amide bonds. The van der Waals surface area contributed by atoms with Gasteiger partial charge in [-0.2, -0.15) is 8.78 Å². The predicted octanol–water partition coefficient (Wildman–Crippen LogP) is 2.99. The summed E-state index contributed by atoms with van der Waals surface area (Å²) in [6.07, 6.45) is -6.29. The number of thiophene rings is 1. The Hall–Kier alpha value is -0.620. The highest BCUT2D eigenvalue weighted by Crippen LogP contribution is 2.39. The van der Waals surface area contributed by atoms with Gasteiger partial charge in [0.05, 0.1) is 0 Å². The van der Waals surface area contributed by atoms with Crippen molar-refractivity contribution >= 4 is 11.3 Å². The minimum atomic E-state index is -4.39. The van der Waals surface area contributed by atoms with Crippen LogP contribution in [0.15, 0.2) is 11.4 Å². The number of aliphatic hydroxyl groups is 1. The maximum atomic E-state index is 12.7. The topological polar surface area (TPSA) is 20.2 Å². The lowest BCUT2D eigenvalue weighted by molar-refractivity contribution is -0.193. The summed E-state index contributed by atoms with van der Waals surface area (Å²) < 4.78 is 49.1. The van der Waals surface area contributed by atoms with Gasteiger partial charge in [0, 0.05) is 4.88 Å². The standard InChI is InChI=1S/C8H8F4OS/c1-4-2-3-14-5(4)6(13)8(11,12)7(9)10/h2-3,6-7,13H,1H3. The molecule has 1 heterocycles. The van der Waals surface area contributed by atoms with Crippen molar-refractivity contribution in [2.24, 2.45) is 0 Å². The zero-order valence-electron chi connectivity index (χ0n) is 7.18. The van der Waals surface area contributed by atoms with Gasteiger partial charge < -0.3 is 5.11 Å². The first kappa shape index (κ1) is 11.5. The van der Waals surface area contributed by atoms with Crippen LogP contribution in [0, 0.1) is 6.92 Å². The third kappa shape index (κ3) is 1.90. The van der Waals surface area contributed by atoms with E-state index >= 15 is 0 Å². The second-order valence-corrected chi connectivity index (χ2v) is 3.79. The smallest absolute Gasteiger partial charge is 0.337 e. The summed E-state index contributed by atoms with van der Waals surface area (Å²) in [6, 6.07) is 1.49. The zero-order chi connectivity index (χ0) is 10.9. The van der Waals surface area contributed by atoms with Crippen molar-refractivity contribution < 1.29 is 22.7 Å². The zero-order valence-corrected chi connectivity index (χ0v) is 7.99. The molecule has 0 saturated carbocycles. The van der Waals surface area contributed by atoms with Crippen molar-refractivity contribution in [1.29, 1.82) is 0 Å². The first-order valence-corrected chi connectivity index (χ1v) is 4.63. The minimum absolute atomic E-state index is 0.115. The Morgan fingerprint density at radius 3 is 2.36 bits per heavy atom. The van der Waals surface area contributed by atoms with Crippen LogP contribution in [-0.4, -0.2) is 17.5 Å². The third-order valence-electron chi connectivity index (χ3n) is 1.81. The van der Waals surface area contributed by atoms with Crippen molar-refractivity contribution in [2.45, 2.75) is 25.4 Å². The van der Waals surface area contributed by atoms with E-state index in [2.05, 4.69) is 0 Å². The Labute approximate surface area is 82.0 Å². The van der Waals surface area contributed by atoms with Gasteiger partial charge in [-0.15, -0.1) is 11.3 Å². The Balaban J connectivity index is 2.96. The van der Waals surface area contributed by atoms with E-state index in [1.807, 2.05) is 0 Å². The third-order valence-corrected chi connectivity index (χ3v) is 2.88. The summed E-state index contributed by atoms with van der Waals surface area (Å²) >= 11 is 0.839. The van der Waals surface area contributed by atoms with E-state index in [0.717, 1.165) is 11.3 Å². The van der Waals surface area contributed by atoms with Crippen LogP contribution in [0.2, 0.25) is 0 Å². The summed E-state index contributed by atoms with van der Waals surface area (Å²) in [5.41, 5.74) is 0.392. The van der Waals surface area contributed by atoms with E-state index < -0.39 is 18.5 Å². The minimum Gasteiger partial charge on any atom is -0.381 e. The van der Waals surface area contributed by atoms with Gasteiger partial charge in [-0.25, -0.2) is 8.78 Å². The Kier molecular flexibility index (Phi) is 3.16. The van der Waals surface area contributed by atoms with Gasteiger partial charge in [-0.05, 0) is 23.9 Å². The number of hydrogen-bond acceptors (Lipinski definition) is 2. The molecular formula is C8H8F4OS. The molecule has 0 aliphatic rings. The average Bonchev–Trinajstić information content (AvgIpc) is 2.49. The van der Waals surface area contributed by atoms with Gasteiger partial charge in [-0.1, -0.05) is 0 Å². The van der Waals surface area contributed by atoms with Gasteiger partial charge in [0.1, 0.15) is 0 Å². The monoisotopic (exact) mass is 228 g/mol. The van der Waals surface area contributed by atoms with Crippen molar-refractivity contribution in [3.8, 4) is 0 Å². The first-order valence-electron chi connectivity index (χ1n) is 3.75. The van der Waals surface area contributed by atoms with Gasteiger partial charge in [0.15, 0.2) is 6.10 Å². The van der Waals surface area contributed by atoms with Crippen LogP contribution >= 0.6 is 11.3 Å². The van der Waals surface area contributed by atoms with E-state index in [-0.39, 0.29) is 4.88 Å². The van der Waals surface area contributed by atoms with Crippen molar-refractivity contribution in [2.75, 3.05) is 0 Å². The van der Waals surface area contributed by atoms with E-state index in [1.54, 1.807) is 0 Å². The molecule has 0 spiro atoms. The van der Waals surface area contributed by atoms with Crippen LogP contribution < -0.4 is 0 Å². The van der Waals surface area contributed by atoms with Gasteiger partial charge in [0.2, 0.25) is 0 Å². The second kappa shape index (κ2) is 3.86. The van der Waals surface area contributed by atoms with Crippen molar-refractivity contribution in [3.05, 3.63) is 21.9 Å². The van der Waals surface area contributed by atoms with E-state index in [0.29, 0.717) is 5.56 Å². The molecule has 6 heteroatoms. The lowest BCUT2D eigenvalue weighted by Crippen LogP contribution is -2.34. The number of aliphatic hydroxyl groups excluding tert-OH is 1. The van der Waals surface area contributed by atoms with Gasteiger partial charge >= 0.3 is 12.3 Å². The fourth-order valence-corrected chi connectivity index (χ4v) is 1.92. The molecule has 1 rings (SSSR count). The molecule has 0 bridgehead atoms. The SMILES string of the molecule is Cc1ccsc1C(O)C(F)(F)C(F)F. The molecule has 1 aromatic heterocycles. The quantitative estimate of drug-likeness (QED) is 0.788. The molecule has 1 nitrogen and oxygen atoms in total. The highest BCUT2D eigenvalue weighted by molar-refractivity contribution is 7.10. The Morgan fingerprint density at radius 2 is 2.00 bits per heavy atom. The molecular weight excluding hydrogens is 220 g/mol. The maximum absolute atomic E-state index is 12.7. The summed E-state index contributed by atoms with van der Waals surface area (Å²) in [6.45, 7) is 1.48. The van der Waals surface area contributed by atoms with E-state index in [4.69, 9.17) is 5.11 Å². The number of hydrogen-bond donors (Lipinski definition) is 1. The molecule has 0 radical (unpaired) electrons. The Bertz CT molecular complexity index is 310.